The van der Waals surface area contributed by atoms with Gasteiger partial charge in [-0.2, -0.15) is 5.26 Å². The zero-order valence-corrected chi connectivity index (χ0v) is 22.3. The van der Waals surface area contributed by atoms with Gasteiger partial charge in [0.25, 0.3) is 11.5 Å². The Morgan fingerprint density at radius 3 is 2.30 bits per heavy atom. The fourth-order valence-electron chi connectivity index (χ4n) is 4.37. The normalized spacial score (nSPS) is 15.2. The van der Waals surface area contributed by atoms with Crippen LogP contribution in [0.1, 0.15) is 17.0 Å². The molecule has 0 fully saturated rings. The molecular formula is C28H15Cl2F3N4O2S. The van der Waals surface area contributed by atoms with Crippen LogP contribution in [0.2, 0.25) is 10.0 Å². The molecule has 3 N–H and O–H groups in total. The summed E-state index contributed by atoms with van der Waals surface area (Å²) in [6, 6.07) is 15.0. The third kappa shape index (κ3) is 4.58. The number of para-hydroxylation sites is 1. The van der Waals surface area contributed by atoms with E-state index < -0.39 is 34.8 Å². The number of allylic oxidation sites excluding steroid dienone is 1. The highest BCUT2D eigenvalue weighted by Gasteiger charge is 2.38. The molecule has 6 nitrogen and oxygen atoms in total. The number of rotatable bonds is 4. The van der Waals surface area contributed by atoms with E-state index in [9.17, 15) is 23.6 Å². The summed E-state index contributed by atoms with van der Waals surface area (Å²) in [7, 11) is 0. The van der Waals surface area contributed by atoms with Crippen LogP contribution in [0.3, 0.4) is 0 Å². The van der Waals surface area contributed by atoms with Gasteiger partial charge >= 0.3 is 0 Å². The lowest BCUT2D eigenvalue weighted by atomic mass is 9.83. The monoisotopic (exact) mass is 598 g/mol. The lowest BCUT2D eigenvalue weighted by molar-refractivity contribution is -0.111. The molecule has 1 aliphatic heterocycles. The number of anilines is 1. The van der Waals surface area contributed by atoms with Crippen LogP contribution in [0, 0.1) is 28.8 Å². The summed E-state index contributed by atoms with van der Waals surface area (Å²) < 4.78 is 45.0. The zero-order valence-electron chi connectivity index (χ0n) is 20.0. The van der Waals surface area contributed by atoms with Gasteiger partial charge in [0, 0.05) is 16.1 Å². The number of nitriles is 1. The zero-order chi connectivity index (χ0) is 28.7. The van der Waals surface area contributed by atoms with E-state index in [1.165, 1.54) is 48.5 Å². The van der Waals surface area contributed by atoms with Gasteiger partial charge in [0.2, 0.25) is 0 Å². The van der Waals surface area contributed by atoms with Crippen LogP contribution in [0.4, 0.5) is 18.9 Å². The van der Waals surface area contributed by atoms with E-state index in [0.29, 0.717) is 0 Å². The van der Waals surface area contributed by atoms with Crippen LogP contribution in [0.15, 0.2) is 71.0 Å². The Bertz CT molecular complexity index is 1940. The Morgan fingerprint density at radius 1 is 1.00 bits per heavy atom. The number of amides is 1. The first-order valence-electron chi connectivity index (χ1n) is 11.5. The molecule has 3 aromatic carbocycles. The second-order valence-corrected chi connectivity index (χ2v) is 10.4. The Hall–Kier alpha value is -4.30. The molecule has 12 heteroatoms. The van der Waals surface area contributed by atoms with Crippen molar-refractivity contribution in [2.45, 2.75) is 5.92 Å². The van der Waals surface area contributed by atoms with Crippen LogP contribution in [-0.4, -0.2) is 10.5 Å². The second kappa shape index (κ2) is 10.7. The molecule has 4 aromatic rings. The predicted octanol–water partition coefficient (Wildman–Crippen LogP) is 4.70. The molecule has 0 saturated carbocycles. The first kappa shape index (κ1) is 27.3. The third-order valence-electron chi connectivity index (χ3n) is 6.20. The Balaban J connectivity index is 1.89. The lowest BCUT2D eigenvalue weighted by Crippen LogP contribution is -2.41. The van der Waals surface area contributed by atoms with Gasteiger partial charge < -0.3 is 11.1 Å². The van der Waals surface area contributed by atoms with Crippen molar-refractivity contribution < 1.29 is 18.0 Å². The number of hydrogen-bond acceptors (Lipinski definition) is 5. The highest BCUT2D eigenvalue weighted by atomic mass is 35.5. The molecule has 1 aromatic heterocycles. The van der Waals surface area contributed by atoms with Crippen LogP contribution in [0.25, 0.3) is 17.5 Å². The number of fused-ring (bicyclic) bond motifs is 1. The number of nitrogens with one attached hydrogen (secondary N) is 1. The second-order valence-electron chi connectivity index (χ2n) is 8.52. The summed E-state index contributed by atoms with van der Waals surface area (Å²) in [6.45, 7) is 0. The molecule has 2 heterocycles. The SMILES string of the molecule is N#CC1=C(N)n2c(s/c(=C\c3c(F)cccc3Cl)c2=O)=C(C(=O)Nc2ccccc2F)C1c1c(F)cccc1Cl. The molecule has 1 atom stereocenters. The van der Waals surface area contributed by atoms with E-state index in [1.807, 2.05) is 6.07 Å². The van der Waals surface area contributed by atoms with E-state index in [-0.39, 0.29) is 53.0 Å². The van der Waals surface area contributed by atoms with Gasteiger partial charge in [-0.3, -0.25) is 14.2 Å². The fraction of sp³-hybridized carbons (Fsp3) is 0.0357. The van der Waals surface area contributed by atoms with Crippen molar-refractivity contribution in [1.82, 2.24) is 4.57 Å². The van der Waals surface area contributed by atoms with Crippen molar-refractivity contribution in [2.75, 3.05) is 5.32 Å². The minimum atomic E-state index is -1.46. The van der Waals surface area contributed by atoms with E-state index in [0.717, 1.165) is 34.1 Å². The molecule has 0 radical (unpaired) electrons. The summed E-state index contributed by atoms with van der Waals surface area (Å²) in [5.74, 6) is -5.08. The van der Waals surface area contributed by atoms with Crippen LogP contribution < -0.4 is 25.8 Å². The summed E-state index contributed by atoms with van der Waals surface area (Å²) in [4.78, 5) is 27.3. The number of nitrogens with two attached hydrogens (primary N) is 1. The molecule has 0 bridgehead atoms. The van der Waals surface area contributed by atoms with E-state index >= 15 is 4.39 Å². The number of aromatic nitrogens is 1. The lowest BCUT2D eigenvalue weighted by Gasteiger charge is -2.26. The third-order valence-corrected chi connectivity index (χ3v) is 7.97. The summed E-state index contributed by atoms with van der Waals surface area (Å²) >= 11 is 13.2. The highest BCUT2D eigenvalue weighted by Crippen LogP contribution is 2.41. The first-order valence-corrected chi connectivity index (χ1v) is 13.0. The number of hydrogen-bond donors (Lipinski definition) is 2. The van der Waals surface area contributed by atoms with Gasteiger partial charge in [-0.05, 0) is 42.5 Å². The van der Waals surface area contributed by atoms with Gasteiger partial charge in [-0.25, -0.2) is 13.2 Å². The largest absolute Gasteiger partial charge is 0.384 e. The van der Waals surface area contributed by atoms with Gasteiger partial charge in [-0.15, -0.1) is 11.3 Å². The van der Waals surface area contributed by atoms with Gasteiger partial charge in [0.05, 0.1) is 38.4 Å². The quantitative estimate of drug-likeness (QED) is 0.355. The standard InChI is InChI=1S/C28H15Cl2F3N4O2S/c29-15-5-3-8-17(31)13(15)11-21-27(39)37-25(35)14(12-34)22(23-16(30)6-4-9-19(23)33)24(28(37)40-21)26(38)36-20-10-2-1-7-18(20)32/h1-11,22H,35H2,(H,36,38)/b21-11-. The molecule has 5 rings (SSSR count). The Labute approximate surface area is 238 Å². The fourth-order valence-corrected chi connectivity index (χ4v) is 6.02. The summed E-state index contributed by atoms with van der Waals surface area (Å²) in [5.41, 5.74) is 4.34. The average Bonchev–Trinajstić information content (AvgIpc) is 3.23. The van der Waals surface area contributed by atoms with E-state index in [2.05, 4.69) is 5.32 Å². The molecule has 200 valence electrons. The maximum atomic E-state index is 15.2. The molecule has 40 heavy (non-hydrogen) atoms. The number of thiazole rings is 1. The molecule has 1 amide bonds. The van der Waals surface area contributed by atoms with Gasteiger partial charge in [-0.1, -0.05) is 47.5 Å². The molecular weight excluding hydrogens is 584 g/mol. The smallest absolute Gasteiger partial charge is 0.274 e. The Kier molecular flexibility index (Phi) is 7.29. The van der Waals surface area contributed by atoms with Crippen molar-refractivity contribution in [2.24, 2.45) is 5.73 Å². The number of carbonyl (C=O) groups excluding carboxylic acids is 1. The van der Waals surface area contributed by atoms with E-state index in [4.69, 9.17) is 28.9 Å². The maximum Gasteiger partial charge on any atom is 0.274 e. The topological polar surface area (TPSA) is 101 Å². The average molecular weight is 599 g/mol. The van der Waals surface area contributed by atoms with E-state index in [1.54, 1.807) is 0 Å². The molecule has 1 aliphatic rings. The van der Waals surface area contributed by atoms with Crippen molar-refractivity contribution in [3.63, 3.8) is 0 Å². The molecule has 0 spiro atoms. The minimum Gasteiger partial charge on any atom is -0.384 e. The van der Waals surface area contributed by atoms with Crippen LogP contribution >= 0.6 is 34.5 Å². The molecule has 0 aliphatic carbocycles. The Morgan fingerprint density at radius 2 is 1.65 bits per heavy atom. The number of nitrogens with zero attached hydrogens (tertiary/aromatic N) is 2. The number of halogens is 5. The van der Waals surface area contributed by atoms with Gasteiger partial charge in [0.1, 0.15) is 27.9 Å². The maximum absolute atomic E-state index is 15.2. The number of benzene rings is 3. The summed E-state index contributed by atoms with van der Waals surface area (Å²) in [5, 5.41) is 12.4. The van der Waals surface area contributed by atoms with Crippen molar-refractivity contribution in [3.8, 4) is 6.07 Å². The number of carbonyl (C=O) groups is 1. The van der Waals surface area contributed by atoms with Crippen molar-refractivity contribution in [1.29, 1.82) is 5.26 Å². The molecule has 0 saturated heterocycles. The van der Waals surface area contributed by atoms with Crippen molar-refractivity contribution in [3.05, 3.63) is 124 Å². The highest BCUT2D eigenvalue weighted by molar-refractivity contribution is 7.07. The van der Waals surface area contributed by atoms with Crippen LogP contribution in [-0.2, 0) is 4.79 Å². The van der Waals surface area contributed by atoms with Crippen LogP contribution in [0.5, 0.6) is 0 Å². The van der Waals surface area contributed by atoms with Crippen molar-refractivity contribution >= 4 is 63.6 Å². The predicted molar refractivity (Wildman–Crippen MR) is 148 cm³/mol. The van der Waals surface area contributed by atoms with Gasteiger partial charge in [0.15, 0.2) is 0 Å². The minimum absolute atomic E-state index is 0.0227. The molecule has 1 unspecified atom stereocenters. The first-order chi connectivity index (χ1) is 19.1. The summed E-state index contributed by atoms with van der Waals surface area (Å²) in [6.07, 6.45) is 1.19.